The van der Waals surface area contributed by atoms with Gasteiger partial charge in [-0.3, -0.25) is 0 Å². The van der Waals surface area contributed by atoms with Crippen LogP contribution in [-0.4, -0.2) is 29.6 Å². The monoisotopic (exact) mass is 277 g/mol. The molecule has 88 valence electrons. The van der Waals surface area contributed by atoms with E-state index in [1.54, 1.807) is 0 Å². The maximum atomic E-state index is 6.04. The molecule has 0 amide bonds. The molecule has 5 heteroatoms. The third-order valence-corrected chi connectivity index (χ3v) is 3.85. The van der Waals surface area contributed by atoms with Crippen LogP contribution < -0.4 is 5.73 Å². The van der Waals surface area contributed by atoms with E-state index in [1.807, 2.05) is 27.7 Å². The lowest BCUT2D eigenvalue weighted by molar-refractivity contribution is 0.00578. The van der Waals surface area contributed by atoms with Gasteiger partial charge >= 0.3 is 7.12 Å². The Hall–Kier alpha value is 0.425. The molecular formula is C10H21BBrNO2. The number of alkyl halides is 1. The molecule has 1 saturated heterocycles. The van der Waals surface area contributed by atoms with Gasteiger partial charge in [0.25, 0.3) is 0 Å². The topological polar surface area (TPSA) is 44.5 Å². The first-order valence-electron chi connectivity index (χ1n) is 5.47. The molecule has 1 rings (SSSR count). The molecule has 1 aliphatic rings. The number of nitrogens with two attached hydrogens (primary N) is 1. The zero-order valence-corrected chi connectivity index (χ0v) is 11.6. The van der Waals surface area contributed by atoms with Crippen molar-refractivity contribution < 1.29 is 9.31 Å². The van der Waals surface area contributed by atoms with Gasteiger partial charge in [-0.15, -0.1) is 0 Å². The Labute approximate surface area is 101 Å². The van der Waals surface area contributed by atoms with E-state index in [2.05, 4.69) is 15.9 Å². The summed E-state index contributed by atoms with van der Waals surface area (Å²) in [5.74, 6) is -0.0383. The van der Waals surface area contributed by atoms with Crippen molar-refractivity contribution in [2.45, 2.75) is 57.7 Å². The second-order valence-corrected chi connectivity index (χ2v) is 5.91. The smallest absolute Gasteiger partial charge is 0.402 e. The molecular weight excluding hydrogens is 257 g/mol. The molecule has 0 aromatic carbocycles. The van der Waals surface area contributed by atoms with E-state index in [0.29, 0.717) is 0 Å². The summed E-state index contributed by atoms with van der Waals surface area (Å²) in [6.07, 6.45) is 1.97. The summed E-state index contributed by atoms with van der Waals surface area (Å²) in [6, 6.07) is 0. The fourth-order valence-electron chi connectivity index (χ4n) is 1.51. The van der Waals surface area contributed by atoms with Crippen LogP contribution in [0.25, 0.3) is 0 Å². The van der Waals surface area contributed by atoms with Crippen LogP contribution in [0.4, 0.5) is 0 Å². The highest BCUT2D eigenvalue weighted by Crippen LogP contribution is 2.37. The summed E-state index contributed by atoms with van der Waals surface area (Å²) >= 11 is 3.39. The molecule has 1 aliphatic heterocycles. The highest BCUT2D eigenvalue weighted by atomic mass is 79.9. The first kappa shape index (κ1) is 13.5. The summed E-state index contributed by atoms with van der Waals surface area (Å²) in [5.41, 5.74) is 5.49. The summed E-state index contributed by atoms with van der Waals surface area (Å²) in [5, 5.41) is 0.972. The lowest BCUT2D eigenvalue weighted by Gasteiger charge is -2.32. The van der Waals surface area contributed by atoms with Gasteiger partial charge in [-0.25, -0.2) is 0 Å². The molecule has 1 unspecified atom stereocenters. The molecule has 0 aromatic heterocycles. The molecule has 0 spiro atoms. The van der Waals surface area contributed by atoms with Gasteiger partial charge in [-0.1, -0.05) is 15.9 Å². The normalized spacial score (nSPS) is 25.6. The van der Waals surface area contributed by atoms with Crippen LogP contribution in [0.5, 0.6) is 0 Å². The van der Waals surface area contributed by atoms with Crippen molar-refractivity contribution in [3.63, 3.8) is 0 Å². The Morgan fingerprint density at radius 2 is 1.67 bits per heavy atom. The molecule has 0 saturated carbocycles. The molecule has 0 aromatic rings. The van der Waals surface area contributed by atoms with Crippen molar-refractivity contribution in [3.8, 4) is 0 Å². The average Bonchev–Trinajstić information content (AvgIpc) is 2.32. The Kier molecular flexibility index (Phi) is 4.26. The molecule has 3 nitrogen and oxygen atoms in total. The van der Waals surface area contributed by atoms with Crippen LogP contribution in [-0.2, 0) is 9.31 Å². The fourth-order valence-corrected chi connectivity index (χ4v) is 1.84. The number of rotatable bonds is 4. The molecule has 1 atom stereocenters. The molecule has 0 aliphatic carbocycles. The van der Waals surface area contributed by atoms with Crippen molar-refractivity contribution in [2.75, 3.05) is 5.33 Å². The van der Waals surface area contributed by atoms with Gasteiger partial charge in [0.1, 0.15) is 0 Å². The molecule has 0 bridgehead atoms. The van der Waals surface area contributed by atoms with Crippen molar-refractivity contribution in [2.24, 2.45) is 5.73 Å². The highest BCUT2D eigenvalue weighted by molar-refractivity contribution is 9.09. The molecule has 15 heavy (non-hydrogen) atoms. The zero-order chi connectivity index (χ0) is 11.7. The van der Waals surface area contributed by atoms with Crippen LogP contribution in [0.3, 0.4) is 0 Å². The minimum atomic E-state index is -0.274. The van der Waals surface area contributed by atoms with E-state index in [1.165, 1.54) is 0 Å². The zero-order valence-electron chi connectivity index (χ0n) is 10.0. The van der Waals surface area contributed by atoms with Crippen LogP contribution in [0, 0.1) is 0 Å². The molecule has 2 N–H and O–H groups in total. The Morgan fingerprint density at radius 1 is 1.20 bits per heavy atom. The number of hydrogen-bond donors (Lipinski definition) is 1. The first-order valence-corrected chi connectivity index (χ1v) is 6.59. The van der Waals surface area contributed by atoms with Gasteiger partial charge in [0, 0.05) is 11.3 Å². The Morgan fingerprint density at radius 3 is 2.07 bits per heavy atom. The summed E-state index contributed by atoms with van der Waals surface area (Å²) in [7, 11) is -0.269. The second-order valence-electron chi connectivity index (χ2n) is 5.12. The van der Waals surface area contributed by atoms with Gasteiger partial charge in [-0.2, -0.15) is 0 Å². The lowest BCUT2D eigenvalue weighted by Crippen LogP contribution is -2.41. The lowest BCUT2D eigenvalue weighted by atomic mass is 9.76. The average molecular weight is 278 g/mol. The Bertz CT molecular complexity index is 207. The van der Waals surface area contributed by atoms with Crippen molar-refractivity contribution in [1.82, 2.24) is 0 Å². The third kappa shape index (κ3) is 2.96. The third-order valence-electron chi connectivity index (χ3n) is 3.29. The predicted molar refractivity (Wildman–Crippen MR) is 67.1 cm³/mol. The van der Waals surface area contributed by atoms with E-state index in [-0.39, 0.29) is 24.3 Å². The van der Waals surface area contributed by atoms with Gasteiger partial charge in [-0.05, 0) is 40.5 Å². The highest BCUT2D eigenvalue weighted by Gasteiger charge is 2.52. The standard InChI is InChI=1S/C10H21BBrNO2/c1-9(2)10(3,4)15-11(14-9)8(13)6-5-7-12/h8H,5-7,13H2,1-4H3. The quantitative estimate of drug-likeness (QED) is 0.632. The Balaban J connectivity index is 2.54. The first-order chi connectivity index (χ1) is 6.80. The van der Waals surface area contributed by atoms with Crippen molar-refractivity contribution in [1.29, 1.82) is 0 Å². The summed E-state index contributed by atoms with van der Waals surface area (Å²) < 4.78 is 11.7. The molecule has 1 heterocycles. The van der Waals surface area contributed by atoms with Crippen LogP contribution >= 0.6 is 15.9 Å². The van der Waals surface area contributed by atoms with Gasteiger partial charge in [0.2, 0.25) is 0 Å². The van der Waals surface area contributed by atoms with Gasteiger partial charge in [0.05, 0.1) is 11.2 Å². The maximum Gasteiger partial charge on any atom is 0.475 e. The summed E-state index contributed by atoms with van der Waals surface area (Å²) in [4.78, 5) is 0. The minimum absolute atomic E-state index is 0.0383. The molecule has 1 fully saturated rings. The van der Waals surface area contributed by atoms with Crippen LogP contribution in [0.2, 0.25) is 0 Å². The van der Waals surface area contributed by atoms with E-state index in [0.717, 1.165) is 18.2 Å². The number of halogens is 1. The van der Waals surface area contributed by atoms with Crippen LogP contribution in [0.15, 0.2) is 0 Å². The van der Waals surface area contributed by atoms with Gasteiger partial charge in [0.15, 0.2) is 0 Å². The summed E-state index contributed by atoms with van der Waals surface area (Å²) in [6.45, 7) is 8.18. The van der Waals surface area contributed by atoms with E-state index in [9.17, 15) is 0 Å². The van der Waals surface area contributed by atoms with Crippen LogP contribution in [0.1, 0.15) is 40.5 Å². The van der Waals surface area contributed by atoms with E-state index >= 15 is 0 Å². The maximum absolute atomic E-state index is 6.04. The van der Waals surface area contributed by atoms with Crippen molar-refractivity contribution in [3.05, 3.63) is 0 Å². The van der Waals surface area contributed by atoms with Crippen molar-refractivity contribution >= 4 is 23.0 Å². The molecule has 0 radical (unpaired) electrons. The largest absolute Gasteiger partial charge is 0.475 e. The minimum Gasteiger partial charge on any atom is -0.402 e. The number of hydrogen-bond acceptors (Lipinski definition) is 3. The second kappa shape index (κ2) is 4.74. The SMILES string of the molecule is CC1(C)OB(C(N)CCCBr)OC1(C)C. The predicted octanol–water partition coefficient (Wildman–Crippen LogP) is 2.12. The van der Waals surface area contributed by atoms with E-state index < -0.39 is 0 Å². The van der Waals surface area contributed by atoms with Gasteiger partial charge < -0.3 is 15.0 Å². The van der Waals surface area contributed by atoms with E-state index in [4.69, 9.17) is 15.0 Å². The fraction of sp³-hybridized carbons (Fsp3) is 1.00.